The number of aromatic hydroxyl groups is 1. The molecule has 92 valence electrons. The number of aromatic carboxylic acids is 1. The molecule has 1 aromatic heterocycles. The summed E-state index contributed by atoms with van der Waals surface area (Å²) in [6, 6.07) is 10.4. The summed E-state index contributed by atoms with van der Waals surface area (Å²) < 4.78 is 1.18. The highest BCUT2D eigenvalue weighted by molar-refractivity contribution is 5.85. The van der Waals surface area contributed by atoms with Crippen molar-refractivity contribution in [3.05, 3.63) is 64.1 Å². The normalized spacial score (nSPS) is 10.2. The maximum Gasteiger partial charge on any atom is 0.352 e. The van der Waals surface area contributed by atoms with Crippen molar-refractivity contribution < 1.29 is 15.0 Å². The van der Waals surface area contributed by atoms with Crippen LogP contribution in [0.2, 0.25) is 0 Å². The molecular formula is C13H11NO4. The molecule has 5 heteroatoms. The number of carboxylic acids is 1. The molecule has 2 aromatic rings. The molecule has 2 N–H and O–H groups in total. The zero-order valence-corrected chi connectivity index (χ0v) is 9.41. The van der Waals surface area contributed by atoms with Gasteiger partial charge in [-0.05, 0) is 23.8 Å². The van der Waals surface area contributed by atoms with Gasteiger partial charge in [0.25, 0.3) is 5.56 Å². The predicted octanol–water partition coefficient (Wildman–Crippen LogP) is 1.30. The Morgan fingerprint density at radius 2 is 1.78 bits per heavy atom. The van der Waals surface area contributed by atoms with Crippen molar-refractivity contribution >= 4 is 5.97 Å². The highest BCUT2D eigenvalue weighted by Gasteiger charge is 2.10. The summed E-state index contributed by atoms with van der Waals surface area (Å²) in [4.78, 5) is 22.7. The fraction of sp³-hybridized carbons (Fsp3) is 0.0769. The predicted molar refractivity (Wildman–Crippen MR) is 64.9 cm³/mol. The lowest BCUT2D eigenvalue weighted by molar-refractivity contribution is 0.0684. The molecule has 0 aliphatic rings. The Morgan fingerprint density at radius 1 is 1.11 bits per heavy atom. The number of carboxylic acid groups (broad SMARTS) is 1. The zero-order chi connectivity index (χ0) is 13.1. The second kappa shape index (κ2) is 4.75. The lowest BCUT2D eigenvalue weighted by Gasteiger charge is -2.09. The van der Waals surface area contributed by atoms with E-state index in [9.17, 15) is 9.59 Å². The van der Waals surface area contributed by atoms with Crippen LogP contribution in [0, 0.1) is 0 Å². The lowest BCUT2D eigenvalue weighted by atomic mass is 10.2. The molecule has 0 amide bonds. The van der Waals surface area contributed by atoms with Crippen molar-refractivity contribution in [3.63, 3.8) is 0 Å². The van der Waals surface area contributed by atoms with Crippen molar-refractivity contribution in [1.29, 1.82) is 0 Å². The van der Waals surface area contributed by atoms with Gasteiger partial charge in [0.15, 0.2) is 0 Å². The monoisotopic (exact) mass is 245 g/mol. The van der Waals surface area contributed by atoms with E-state index in [0.717, 1.165) is 5.56 Å². The van der Waals surface area contributed by atoms with Crippen LogP contribution in [-0.2, 0) is 6.54 Å². The molecule has 0 aliphatic heterocycles. The fourth-order valence-corrected chi connectivity index (χ4v) is 1.65. The molecule has 0 saturated heterocycles. The summed E-state index contributed by atoms with van der Waals surface area (Å²) in [5, 5.41) is 18.2. The van der Waals surface area contributed by atoms with Gasteiger partial charge in [-0.2, -0.15) is 0 Å². The van der Waals surface area contributed by atoms with Gasteiger partial charge in [0.2, 0.25) is 0 Å². The van der Waals surface area contributed by atoms with E-state index in [2.05, 4.69) is 0 Å². The molecule has 18 heavy (non-hydrogen) atoms. The summed E-state index contributed by atoms with van der Waals surface area (Å²) in [5.74, 6) is -1.02. The van der Waals surface area contributed by atoms with Gasteiger partial charge in [0.05, 0.1) is 6.54 Å². The minimum absolute atomic E-state index is 0.0597. The number of carbonyl (C=O) groups is 1. The van der Waals surface area contributed by atoms with Gasteiger partial charge in [-0.25, -0.2) is 4.79 Å². The third-order valence-corrected chi connectivity index (χ3v) is 2.55. The molecule has 5 nitrogen and oxygen atoms in total. The summed E-state index contributed by atoms with van der Waals surface area (Å²) in [6.45, 7) is 0.154. The maximum absolute atomic E-state index is 11.7. The zero-order valence-electron chi connectivity index (χ0n) is 9.41. The first-order valence-corrected chi connectivity index (χ1v) is 5.29. The quantitative estimate of drug-likeness (QED) is 0.854. The first-order valence-electron chi connectivity index (χ1n) is 5.29. The van der Waals surface area contributed by atoms with E-state index in [1.807, 2.05) is 0 Å². The number of nitrogens with zero attached hydrogens (tertiary/aromatic N) is 1. The average molecular weight is 245 g/mol. The molecule has 2 rings (SSSR count). The van der Waals surface area contributed by atoms with Crippen LogP contribution >= 0.6 is 0 Å². The molecule has 1 aromatic carbocycles. The van der Waals surface area contributed by atoms with E-state index in [-0.39, 0.29) is 23.5 Å². The van der Waals surface area contributed by atoms with E-state index >= 15 is 0 Å². The number of phenolic OH excluding ortho intramolecular Hbond substituents is 1. The van der Waals surface area contributed by atoms with Crippen molar-refractivity contribution in [3.8, 4) is 5.75 Å². The van der Waals surface area contributed by atoms with Gasteiger partial charge in [-0.15, -0.1) is 0 Å². The van der Waals surface area contributed by atoms with Gasteiger partial charge >= 0.3 is 5.97 Å². The van der Waals surface area contributed by atoms with Gasteiger partial charge < -0.3 is 10.2 Å². The highest BCUT2D eigenvalue weighted by Crippen LogP contribution is 2.11. The molecule has 1 heterocycles. The number of hydrogen-bond donors (Lipinski definition) is 2. The largest absolute Gasteiger partial charge is 0.508 e. The Bertz CT molecular complexity index is 628. The van der Waals surface area contributed by atoms with E-state index in [0.29, 0.717) is 0 Å². The topological polar surface area (TPSA) is 79.5 Å². The van der Waals surface area contributed by atoms with E-state index in [1.54, 1.807) is 12.1 Å². The lowest BCUT2D eigenvalue weighted by Crippen LogP contribution is -2.25. The minimum Gasteiger partial charge on any atom is -0.508 e. The Hall–Kier alpha value is -2.56. The Labute approximate surface area is 103 Å². The smallest absolute Gasteiger partial charge is 0.352 e. The van der Waals surface area contributed by atoms with Gasteiger partial charge in [0, 0.05) is 6.07 Å². The standard InChI is InChI=1S/C13H11NO4/c15-10-6-4-9(5-7-10)8-14-11(13(17)18)2-1-3-12(14)16/h1-7,15H,8H2,(H,17,18). The molecule has 0 spiro atoms. The van der Waals surface area contributed by atoms with E-state index in [4.69, 9.17) is 10.2 Å². The number of benzene rings is 1. The molecule has 0 saturated carbocycles. The minimum atomic E-state index is -1.15. The van der Waals surface area contributed by atoms with Crippen LogP contribution in [0.1, 0.15) is 16.1 Å². The van der Waals surface area contributed by atoms with E-state index < -0.39 is 5.97 Å². The van der Waals surface area contributed by atoms with Crippen molar-refractivity contribution in [1.82, 2.24) is 4.57 Å². The molecule has 0 aliphatic carbocycles. The second-order valence-corrected chi connectivity index (χ2v) is 3.81. The SMILES string of the molecule is O=C(O)c1cccc(=O)n1Cc1ccc(O)cc1. The Balaban J connectivity index is 2.42. The second-order valence-electron chi connectivity index (χ2n) is 3.81. The number of phenols is 1. The van der Waals surface area contributed by atoms with Crippen molar-refractivity contribution in [2.45, 2.75) is 6.54 Å². The van der Waals surface area contributed by atoms with Crippen molar-refractivity contribution in [2.75, 3.05) is 0 Å². The van der Waals surface area contributed by atoms with Crippen molar-refractivity contribution in [2.24, 2.45) is 0 Å². The van der Waals surface area contributed by atoms with Crippen LogP contribution in [-0.4, -0.2) is 20.7 Å². The van der Waals surface area contributed by atoms with Crippen LogP contribution < -0.4 is 5.56 Å². The summed E-state index contributed by atoms with van der Waals surface area (Å²) in [7, 11) is 0. The first-order chi connectivity index (χ1) is 8.58. The number of pyridine rings is 1. The molecule has 0 fully saturated rings. The summed E-state index contributed by atoms with van der Waals surface area (Å²) >= 11 is 0. The van der Waals surface area contributed by atoms with Gasteiger partial charge in [-0.1, -0.05) is 18.2 Å². The molecular weight excluding hydrogens is 234 g/mol. The number of hydrogen-bond acceptors (Lipinski definition) is 3. The third kappa shape index (κ3) is 2.40. The maximum atomic E-state index is 11.7. The molecule has 0 bridgehead atoms. The van der Waals surface area contributed by atoms with Crippen LogP contribution in [0.25, 0.3) is 0 Å². The van der Waals surface area contributed by atoms with Gasteiger partial charge in [0.1, 0.15) is 11.4 Å². The summed E-state index contributed by atoms with van der Waals surface area (Å²) in [5.41, 5.74) is 0.308. The summed E-state index contributed by atoms with van der Waals surface area (Å²) in [6.07, 6.45) is 0. The van der Waals surface area contributed by atoms with E-state index in [1.165, 1.54) is 34.9 Å². The van der Waals surface area contributed by atoms with Gasteiger partial charge in [-0.3, -0.25) is 9.36 Å². The highest BCUT2D eigenvalue weighted by atomic mass is 16.4. The fourth-order valence-electron chi connectivity index (χ4n) is 1.65. The van der Waals surface area contributed by atoms with Crippen LogP contribution in [0.4, 0.5) is 0 Å². The van der Waals surface area contributed by atoms with Crippen LogP contribution in [0.15, 0.2) is 47.3 Å². The molecule has 0 radical (unpaired) electrons. The number of rotatable bonds is 3. The first kappa shape index (κ1) is 11.9. The van der Waals surface area contributed by atoms with Crippen LogP contribution in [0.3, 0.4) is 0 Å². The number of aromatic nitrogens is 1. The third-order valence-electron chi connectivity index (χ3n) is 2.55. The average Bonchev–Trinajstić information content (AvgIpc) is 2.34. The Kier molecular flexibility index (Phi) is 3.14. The molecule has 0 atom stereocenters. The molecule has 0 unspecified atom stereocenters. The Morgan fingerprint density at radius 3 is 2.39 bits per heavy atom. The van der Waals surface area contributed by atoms with Crippen LogP contribution in [0.5, 0.6) is 5.75 Å².